The molecule has 0 radical (unpaired) electrons. The van der Waals surface area contributed by atoms with Gasteiger partial charge in [-0.05, 0) is 24.3 Å². The van der Waals surface area contributed by atoms with Crippen LogP contribution in [0, 0.1) is 5.41 Å². The van der Waals surface area contributed by atoms with E-state index in [4.69, 9.17) is 10.5 Å². The van der Waals surface area contributed by atoms with Crippen molar-refractivity contribution in [1.29, 1.82) is 0 Å². The van der Waals surface area contributed by atoms with Crippen molar-refractivity contribution in [2.75, 3.05) is 7.11 Å². The molecule has 0 spiro atoms. The quantitative estimate of drug-likeness (QED) is 0.853. The van der Waals surface area contributed by atoms with Crippen LogP contribution in [0.25, 0.3) is 0 Å². The molecule has 0 amide bonds. The predicted octanol–water partition coefficient (Wildman–Crippen LogP) is 3.58. The average molecular weight is 227 g/mol. The molecule has 0 saturated carbocycles. The third-order valence-corrected chi connectivity index (χ3v) is 3.45. The Morgan fingerprint density at radius 3 is 2.60 bits per heavy atom. The standard InChI is InChI=1S/C12H21NOS/c1-12(2,3)6-5-10(13)11-7-9(14-4)8-15-11/h7-8,10H,5-6,13H2,1-4H3. The van der Waals surface area contributed by atoms with E-state index in [-0.39, 0.29) is 6.04 Å². The summed E-state index contributed by atoms with van der Waals surface area (Å²) >= 11 is 1.68. The van der Waals surface area contributed by atoms with E-state index in [0.717, 1.165) is 18.6 Å². The SMILES string of the molecule is COc1csc(C(N)CCC(C)(C)C)c1. The van der Waals surface area contributed by atoms with E-state index in [1.807, 2.05) is 11.4 Å². The molecule has 1 rings (SSSR count). The van der Waals surface area contributed by atoms with E-state index in [0.29, 0.717) is 5.41 Å². The van der Waals surface area contributed by atoms with Crippen molar-refractivity contribution in [3.63, 3.8) is 0 Å². The van der Waals surface area contributed by atoms with Crippen LogP contribution in [-0.2, 0) is 0 Å². The summed E-state index contributed by atoms with van der Waals surface area (Å²) < 4.78 is 5.15. The average Bonchev–Trinajstić information content (AvgIpc) is 2.61. The minimum absolute atomic E-state index is 0.151. The molecule has 86 valence electrons. The first-order valence-electron chi connectivity index (χ1n) is 5.30. The molecule has 0 aliphatic heterocycles. The Kier molecular flexibility index (Phi) is 4.17. The molecule has 1 atom stereocenters. The van der Waals surface area contributed by atoms with Gasteiger partial charge in [-0.3, -0.25) is 0 Å². The van der Waals surface area contributed by atoms with Crippen molar-refractivity contribution >= 4 is 11.3 Å². The minimum atomic E-state index is 0.151. The number of hydrogen-bond acceptors (Lipinski definition) is 3. The van der Waals surface area contributed by atoms with Gasteiger partial charge in [0.15, 0.2) is 0 Å². The highest BCUT2D eigenvalue weighted by Gasteiger charge is 2.15. The molecule has 15 heavy (non-hydrogen) atoms. The van der Waals surface area contributed by atoms with Crippen LogP contribution >= 0.6 is 11.3 Å². The monoisotopic (exact) mass is 227 g/mol. The van der Waals surface area contributed by atoms with Crippen LogP contribution in [0.5, 0.6) is 5.75 Å². The highest BCUT2D eigenvalue weighted by molar-refractivity contribution is 7.10. The number of ether oxygens (including phenoxy) is 1. The highest BCUT2D eigenvalue weighted by Crippen LogP contribution is 2.31. The normalized spacial score (nSPS) is 13.9. The second-order valence-electron chi connectivity index (χ2n) is 5.09. The van der Waals surface area contributed by atoms with Crippen molar-refractivity contribution in [2.24, 2.45) is 11.1 Å². The Balaban J connectivity index is 2.50. The highest BCUT2D eigenvalue weighted by atomic mass is 32.1. The molecule has 2 nitrogen and oxygen atoms in total. The van der Waals surface area contributed by atoms with Gasteiger partial charge in [-0.15, -0.1) is 11.3 Å². The number of nitrogens with two attached hydrogens (primary N) is 1. The van der Waals surface area contributed by atoms with Gasteiger partial charge >= 0.3 is 0 Å². The van der Waals surface area contributed by atoms with Gasteiger partial charge in [-0.25, -0.2) is 0 Å². The summed E-state index contributed by atoms with van der Waals surface area (Å²) in [6, 6.07) is 2.19. The van der Waals surface area contributed by atoms with Crippen LogP contribution < -0.4 is 10.5 Å². The van der Waals surface area contributed by atoms with E-state index in [1.165, 1.54) is 4.88 Å². The Hall–Kier alpha value is -0.540. The first kappa shape index (κ1) is 12.5. The molecule has 1 heterocycles. The zero-order valence-electron chi connectivity index (χ0n) is 10.0. The Labute approximate surface area is 96.4 Å². The van der Waals surface area contributed by atoms with Crippen molar-refractivity contribution in [3.05, 3.63) is 16.3 Å². The predicted molar refractivity (Wildman–Crippen MR) is 66.5 cm³/mol. The Morgan fingerprint density at radius 2 is 2.13 bits per heavy atom. The van der Waals surface area contributed by atoms with E-state index in [9.17, 15) is 0 Å². The summed E-state index contributed by atoms with van der Waals surface area (Å²) in [6.07, 6.45) is 2.18. The lowest BCUT2D eigenvalue weighted by Crippen LogP contribution is -2.13. The third-order valence-electron chi connectivity index (χ3n) is 2.40. The van der Waals surface area contributed by atoms with Crippen molar-refractivity contribution in [2.45, 2.75) is 39.7 Å². The van der Waals surface area contributed by atoms with Gasteiger partial charge in [0.05, 0.1) is 7.11 Å². The molecule has 1 unspecified atom stereocenters. The number of rotatable bonds is 4. The summed E-state index contributed by atoms with van der Waals surface area (Å²) in [5, 5.41) is 2.01. The molecular formula is C12H21NOS. The van der Waals surface area contributed by atoms with Gasteiger partial charge in [0.2, 0.25) is 0 Å². The van der Waals surface area contributed by atoms with Gasteiger partial charge in [0, 0.05) is 16.3 Å². The second kappa shape index (κ2) is 4.99. The van der Waals surface area contributed by atoms with E-state index >= 15 is 0 Å². The minimum Gasteiger partial charge on any atom is -0.496 e. The van der Waals surface area contributed by atoms with Crippen molar-refractivity contribution < 1.29 is 4.74 Å². The first-order chi connectivity index (χ1) is 6.92. The number of hydrogen-bond donors (Lipinski definition) is 1. The molecular weight excluding hydrogens is 206 g/mol. The van der Waals surface area contributed by atoms with Gasteiger partial charge in [0.1, 0.15) is 5.75 Å². The molecule has 3 heteroatoms. The first-order valence-corrected chi connectivity index (χ1v) is 6.18. The zero-order chi connectivity index (χ0) is 11.5. The smallest absolute Gasteiger partial charge is 0.129 e. The summed E-state index contributed by atoms with van der Waals surface area (Å²) in [7, 11) is 1.69. The molecule has 0 fully saturated rings. The molecule has 2 N–H and O–H groups in total. The van der Waals surface area contributed by atoms with Crippen LogP contribution in [-0.4, -0.2) is 7.11 Å². The maximum absolute atomic E-state index is 6.13. The fraction of sp³-hybridized carbons (Fsp3) is 0.667. The van der Waals surface area contributed by atoms with Crippen LogP contribution in [0.2, 0.25) is 0 Å². The largest absolute Gasteiger partial charge is 0.496 e. The molecule has 0 saturated heterocycles. The van der Waals surface area contributed by atoms with E-state index < -0.39 is 0 Å². The molecule has 1 aromatic heterocycles. The summed E-state index contributed by atoms with van der Waals surface area (Å²) in [4.78, 5) is 1.22. The summed E-state index contributed by atoms with van der Waals surface area (Å²) in [6.45, 7) is 6.73. The molecule has 1 aromatic rings. The van der Waals surface area contributed by atoms with E-state index in [1.54, 1.807) is 18.4 Å². The third kappa shape index (κ3) is 4.22. The summed E-state index contributed by atoms with van der Waals surface area (Å²) in [5.74, 6) is 0.918. The Morgan fingerprint density at radius 1 is 1.47 bits per heavy atom. The Bertz CT molecular complexity index is 301. The van der Waals surface area contributed by atoms with Gasteiger partial charge in [-0.1, -0.05) is 20.8 Å². The van der Waals surface area contributed by atoms with Crippen LogP contribution in [0.15, 0.2) is 11.4 Å². The maximum Gasteiger partial charge on any atom is 0.129 e. The topological polar surface area (TPSA) is 35.2 Å². The maximum atomic E-state index is 6.13. The second-order valence-corrected chi connectivity index (χ2v) is 6.04. The lowest BCUT2D eigenvalue weighted by atomic mass is 9.88. The van der Waals surface area contributed by atoms with E-state index in [2.05, 4.69) is 20.8 Å². The molecule has 0 aliphatic rings. The van der Waals surface area contributed by atoms with Crippen LogP contribution in [0.3, 0.4) is 0 Å². The fourth-order valence-corrected chi connectivity index (χ4v) is 2.26. The number of thiophene rings is 1. The molecule has 0 aliphatic carbocycles. The lowest BCUT2D eigenvalue weighted by Gasteiger charge is -2.20. The summed E-state index contributed by atoms with van der Waals surface area (Å²) in [5.41, 5.74) is 6.49. The van der Waals surface area contributed by atoms with Gasteiger partial charge in [-0.2, -0.15) is 0 Å². The van der Waals surface area contributed by atoms with Crippen LogP contribution in [0.4, 0.5) is 0 Å². The zero-order valence-corrected chi connectivity index (χ0v) is 10.9. The van der Waals surface area contributed by atoms with Gasteiger partial charge < -0.3 is 10.5 Å². The van der Waals surface area contributed by atoms with Crippen LogP contribution in [0.1, 0.15) is 44.5 Å². The molecule has 0 bridgehead atoms. The van der Waals surface area contributed by atoms with Crippen molar-refractivity contribution in [3.8, 4) is 5.75 Å². The number of methoxy groups -OCH3 is 1. The van der Waals surface area contributed by atoms with Crippen molar-refractivity contribution in [1.82, 2.24) is 0 Å². The van der Waals surface area contributed by atoms with Gasteiger partial charge in [0.25, 0.3) is 0 Å². The molecule has 0 aromatic carbocycles. The lowest BCUT2D eigenvalue weighted by molar-refractivity contribution is 0.350. The fourth-order valence-electron chi connectivity index (χ4n) is 1.37.